The highest BCUT2D eigenvalue weighted by atomic mass is 16.1. The van der Waals surface area contributed by atoms with Crippen LogP contribution in [0.1, 0.15) is 62.8 Å². The van der Waals surface area contributed by atoms with E-state index in [2.05, 4.69) is 0 Å². The van der Waals surface area contributed by atoms with E-state index in [1.807, 2.05) is 30.3 Å². The molecule has 27 heavy (non-hydrogen) atoms. The van der Waals surface area contributed by atoms with Gasteiger partial charge in [-0.2, -0.15) is 0 Å². The Kier molecular flexibility index (Phi) is 3.85. The zero-order valence-corrected chi connectivity index (χ0v) is 15.3. The maximum atomic E-state index is 13.5. The maximum absolute atomic E-state index is 13.5. The van der Waals surface area contributed by atoms with Crippen LogP contribution in [0.5, 0.6) is 0 Å². The van der Waals surface area contributed by atoms with Gasteiger partial charge in [-0.15, -0.1) is 0 Å². The van der Waals surface area contributed by atoms with Gasteiger partial charge in [0.25, 0.3) is 0 Å². The second-order valence-electron chi connectivity index (χ2n) is 8.03. The molecular formula is C24H22O3. The molecule has 0 amide bonds. The van der Waals surface area contributed by atoms with Crippen molar-refractivity contribution < 1.29 is 14.4 Å². The van der Waals surface area contributed by atoms with E-state index in [-0.39, 0.29) is 23.3 Å². The number of ketones is 3. The predicted octanol–water partition coefficient (Wildman–Crippen LogP) is 4.54. The van der Waals surface area contributed by atoms with Gasteiger partial charge in [-0.25, -0.2) is 0 Å². The van der Waals surface area contributed by atoms with Crippen LogP contribution in [0.15, 0.2) is 63.8 Å². The lowest BCUT2D eigenvalue weighted by atomic mass is 9.63. The molecule has 0 N–H and O–H groups in total. The molecule has 1 unspecified atom stereocenters. The molecule has 4 aliphatic carbocycles. The average Bonchev–Trinajstić information content (AvgIpc) is 2.71. The van der Waals surface area contributed by atoms with Crippen LogP contribution in [0.2, 0.25) is 0 Å². The SMILES string of the molecule is O=C1CCCC2=C1C(c1ccccc1)C1=C(C2)C(=O)C2=C(CCCC2)C1=O. The van der Waals surface area contributed by atoms with E-state index in [4.69, 9.17) is 0 Å². The van der Waals surface area contributed by atoms with Crippen LogP contribution in [0.4, 0.5) is 0 Å². The van der Waals surface area contributed by atoms with Crippen LogP contribution in [0.25, 0.3) is 0 Å². The van der Waals surface area contributed by atoms with Crippen molar-refractivity contribution in [2.75, 3.05) is 0 Å². The molecule has 3 heteroatoms. The van der Waals surface area contributed by atoms with Crippen LogP contribution in [0, 0.1) is 0 Å². The first-order valence-electron chi connectivity index (χ1n) is 10.0. The fourth-order valence-corrected chi connectivity index (χ4v) is 5.31. The average molecular weight is 358 g/mol. The molecule has 0 heterocycles. The number of allylic oxidation sites excluding steroid dienone is 6. The standard InChI is InChI=1S/C24H22O3/c25-19-12-6-9-15-13-18-22(21(20(15)19)14-7-2-1-3-8-14)24(27)17-11-5-4-10-16(17)23(18)26/h1-3,7-8,21H,4-6,9-13H2. The van der Waals surface area contributed by atoms with E-state index in [1.54, 1.807) is 0 Å². The molecule has 0 saturated heterocycles. The molecule has 1 aromatic rings. The third-order valence-corrected chi connectivity index (χ3v) is 6.52. The summed E-state index contributed by atoms with van der Waals surface area (Å²) < 4.78 is 0. The molecule has 1 aromatic carbocycles. The van der Waals surface area contributed by atoms with Crippen LogP contribution >= 0.6 is 0 Å². The Labute approximate surface area is 158 Å². The fraction of sp³-hybridized carbons (Fsp3) is 0.375. The Morgan fingerprint density at radius 2 is 1.37 bits per heavy atom. The minimum Gasteiger partial charge on any atom is -0.295 e. The molecule has 3 nitrogen and oxygen atoms in total. The molecular weight excluding hydrogens is 336 g/mol. The monoisotopic (exact) mass is 358 g/mol. The third kappa shape index (κ3) is 2.44. The summed E-state index contributed by atoms with van der Waals surface area (Å²) in [6.45, 7) is 0. The van der Waals surface area contributed by atoms with Crippen LogP contribution in [0.3, 0.4) is 0 Å². The summed E-state index contributed by atoms with van der Waals surface area (Å²) in [6, 6.07) is 9.79. The number of Topliss-reactive ketones (excluding diaryl/α,β-unsaturated/α-hetero) is 3. The lowest BCUT2D eigenvalue weighted by Crippen LogP contribution is -2.34. The lowest BCUT2D eigenvalue weighted by Gasteiger charge is -2.37. The van der Waals surface area contributed by atoms with E-state index in [1.165, 1.54) is 0 Å². The summed E-state index contributed by atoms with van der Waals surface area (Å²) in [4.78, 5) is 39.7. The van der Waals surface area contributed by atoms with Gasteiger partial charge in [0.05, 0.1) is 0 Å². The van der Waals surface area contributed by atoms with Crippen molar-refractivity contribution in [1.29, 1.82) is 0 Å². The number of benzene rings is 1. The maximum Gasteiger partial charge on any atom is 0.186 e. The Balaban J connectivity index is 1.72. The summed E-state index contributed by atoms with van der Waals surface area (Å²) in [7, 11) is 0. The summed E-state index contributed by atoms with van der Waals surface area (Å²) in [5, 5.41) is 0. The van der Waals surface area contributed by atoms with Gasteiger partial charge in [0.1, 0.15) is 0 Å². The van der Waals surface area contributed by atoms with Gasteiger partial charge >= 0.3 is 0 Å². The summed E-state index contributed by atoms with van der Waals surface area (Å²) in [5.74, 6) is -0.117. The molecule has 0 aliphatic heterocycles. The van der Waals surface area contributed by atoms with Gasteiger partial charge in [-0.05, 0) is 50.5 Å². The van der Waals surface area contributed by atoms with Crippen molar-refractivity contribution in [1.82, 2.24) is 0 Å². The zero-order chi connectivity index (χ0) is 18.5. The Bertz CT molecular complexity index is 972. The molecule has 0 bridgehead atoms. The van der Waals surface area contributed by atoms with Crippen molar-refractivity contribution in [3.05, 3.63) is 69.3 Å². The summed E-state index contributed by atoms with van der Waals surface area (Å²) >= 11 is 0. The molecule has 4 aliphatic rings. The number of carbonyl (C=O) groups excluding carboxylic acids is 3. The second-order valence-corrected chi connectivity index (χ2v) is 8.03. The van der Waals surface area contributed by atoms with Crippen molar-refractivity contribution in [3.8, 4) is 0 Å². The van der Waals surface area contributed by atoms with Crippen molar-refractivity contribution in [3.63, 3.8) is 0 Å². The van der Waals surface area contributed by atoms with Crippen molar-refractivity contribution >= 4 is 17.3 Å². The number of hydrogen-bond acceptors (Lipinski definition) is 3. The minimum atomic E-state index is -0.370. The largest absolute Gasteiger partial charge is 0.295 e. The van der Waals surface area contributed by atoms with Crippen LogP contribution in [-0.2, 0) is 14.4 Å². The smallest absolute Gasteiger partial charge is 0.186 e. The molecule has 0 fully saturated rings. The summed E-state index contributed by atoms with van der Waals surface area (Å²) in [6.07, 6.45) is 6.09. The van der Waals surface area contributed by atoms with Crippen LogP contribution in [-0.4, -0.2) is 17.3 Å². The van der Waals surface area contributed by atoms with Gasteiger partial charge in [0.2, 0.25) is 0 Å². The molecule has 0 aromatic heterocycles. The molecule has 5 rings (SSSR count). The highest BCUT2D eigenvalue weighted by Crippen LogP contribution is 2.50. The van der Waals surface area contributed by atoms with Crippen molar-refractivity contribution in [2.45, 2.75) is 57.3 Å². The van der Waals surface area contributed by atoms with Crippen LogP contribution < -0.4 is 0 Å². The van der Waals surface area contributed by atoms with E-state index in [0.29, 0.717) is 30.4 Å². The van der Waals surface area contributed by atoms with E-state index in [0.717, 1.165) is 60.0 Å². The first-order valence-corrected chi connectivity index (χ1v) is 10.0. The topological polar surface area (TPSA) is 51.2 Å². The fourth-order valence-electron chi connectivity index (χ4n) is 5.31. The quantitative estimate of drug-likeness (QED) is 0.693. The van der Waals surface area contributed by atoms with Crippen molar-refractivity contribution in [2.24, 2.45) is 0 Å². The number of rotatable bonds is 1. The summed E-state index contributed by atoms with van der Waals surface area (Å²) in [5.41, 5.74) is 5.57. The Morgan fingerprint density at radius 3 is 2.11 bits per heavy atom. The second kappa shape index (κ2) is 6.26. The third-order valence-electron chi connectivity index (χ3n) is 6.52. The minimum absolute atomic E-state index is 0.0260. The zero-order valence-electron chi connectivity index (χ0n) is 15.3. The molecule has 0 radical (unpaired) electrons. The first kappa shape index (κ1) is 16.6. The normalized spacial score (nSPS) is 25.5. The molecule has 136 valence electrons. The van der Waals surface area contributed by atoms with E-state index >= 15 is 0 Å². The van der Waals surface area contributed by atoms with E-state index < -0.39 is 0 Å². The van der Waals surface area contributed by atoms with Gasteiger partial charge in [0, 0.05) is 40.2 Å². The first-order chi connectivity index (χ1) is 13.2. The Morgan fingerprint density at radius 1 is 0.667 bits per heavy atom. The van der Waals surface area contributed by atoms with Gasteiger partial charge in [-0.1, -0.05) is 35.9 Å². The van der Waals surface area contributed by atoms with E-state index in [9.17, 15) is 14.4 Å². The van der Waals surface area contributed by atoms with Gasteiger partial charge in [0.15, 0.2) is 17.3 Å². The molecule has 0 saturated carbocycles. The number of hydrogen-bond donors (Lipinski definition) is 0. The molecule has 1 atom stereocenters. The molecule has 0 spiro atoms. The highest BCUT2D eigenvalue weighted by molar-refractivity contribution is 6.27. The van der Waals surface area contributed by atoms with Gasteiger partial charge < -0.3 is 0 Å². The number of carbonyl (C=O) groups is 3. The highest BCUT2D eigenvalue weighted by Gasteiger charge is 2.45. The Hall–Kier alpha value is -2.55. The lowest BCUT2D eigenvalue weighted by molar-refractivity contribution is -0.118. The predicted molar refractivity (Wildman–Crippen MR) is 102 cm³/mol. The van der Waals surface area contributed by atoms with Gasteiger partial charge in [-0.3, -0.25) is 14.4 Å².